The second-order valence-corrected chi connectivity index (χ2v) is 12.3. The number of carbonyl (C=O) groups is 1. The number of ether oxygens (including phenoxy) is 4. The van der Waals surface area contributed by atoms with Crippen molar-refractivity contribution in [3.05, 3.63) is 70.9 Å². The third-order valence-electron chi connectivity index (χ3n) is 7.67. The van der Waals surface area contributed by atoms with Gasteiger partial charge in [-0.1, -0.05) is 12.1 Å². The maximum Gasteiger partial charge on any atom is 0.435 e. The van der Waals surface area contributed by atoms with Crippen LogP contribution in [0.1, 0.15) is 27.2 Å². The summed E-state index contributed by atoms with van der Waals surface area (Å²) in [6.07, 6.45) is 1.84. The molecular formula is C34H37N7O7. The van der Waals surface area contributed by atoms with Gasteiger partial charge in [-0.25, -0.2) is 14.8 Å². The van der Waals surface area contributed by atoms with Gasteiger partial charge in [0.1, 0.15) is 11.4 Å². The largest absolute Gasteiger partial charge is 0.493 e. The van der Waals surface area contributed by atoms with E-state index in [1.165, 1.54) is 16.8 Å². The molecule has 0 amide bonds. The molecule has 3 heterocycles. The number of nitro groups is 1. The average Bonchev–Trinajstić information content (AvgIpc) is 3.50. The number of nitrogens with zero attached hydrogens (tertiary/aromatic N) is 6. The fourth-order valence-corrected chi connectivity index (χ4v) is 5.38. The number of methoxy groups -OCH3 is 1. The first-order chi connectivity index (χ1) is 23.1. The number of fused-ring (bicyclic) bond motifs is 2. The second kappa shape index (κ2) is 13.8. The van der Waals surface area contributed by atoms with Gasteiger partial charge in [-0.3, -0.25) is 15.0 Å². The summed E-state index contributed by atoms with van der Waals surface area (Å²) in [5, 5.41) is 20.5. The first-order valence-electron chi connectivity index (χ1n) is 15.6. The molecule has 48 heavy (non-hydrogen) atoms. The fourth-order valence-electron chi connectivity index (χ4n) is 5.38. The van der Waals surface area contributed by atoms with Crippen LogP contribution in [0.2, 0.25) is 0 Å². The van der Waals surface area contributed by atoms with Gasteiger partial charge in [-0.2, -0.15) is 9.78 Å². The summed E-state index contributed by atoms with van der Waals surface area (Å²) in [7, 11) is 1.57. The Bertz CT molecular complexity index is 1970. The molecule has 0 unspecified atom stereocenters. The van der Waals surface area contributed by atoms with Crippen LogP contribution in [0.5, 0.6) is 11.5 Å². The van der Waals surface area contributed by atoms with Crippen molar-refractivity contribution in [2.24, 2.45) is 0 Å². The molecule has 250 valence electrons. The zero-order chi connectivity index (χ0) is 33.8. The van der Waals surface area contributed by atoms with Crippen LogP contribution in [0.25, 0.3) is 33.2 Å². The molecule has 1 N–H and O–H groups in total. The molecular weight excluding hydrogens is 618 g/mol. The van der Waals surface area contributed by atoms with E-state index in [1.807, 2.05) is 12.1 Å². The predicted octanol–water partition coefficient (Wildman–Crippen LogP) is 6.19. The van der Waals surface area contributed by atoms with Gasteiger partial charge in [0.05, 0.1) is 49.1 Å². The van der Waals surface area contributed by atoms with Crippen molar-refractivity contribution in [3.63, 3.8) is 0 Å². The highest BCUT2D eigenvalue weighted by Gasteiger charge is 2.21. The van der Waals surface area contributed by atoms with E-state index in [2.05, 4.69) is 15.3 Å². The fraction of sp³-hybridized carbons (Fsp3) is 0.353. The summed E-state index contributed by atoms with van der Waals surface area (Å²) in [5.41, 5.74) is 1.53. The van der Waals surface area contributed by atoms with Crippen molar-refractivity contribution in [2.45, 2.75) is 32.8 Å². The molecule has 14 heteroatoms. The van der Waals surface area contributed by atoms with Gasteiger partial charge in [0.2, 0.25) is 0 Å². The van der Waals surface area contributed by atoms with Crippen molar-refractivity contribution in [2.75, 3.05) is 51.9 Å². The molecule has 0 aliphatic carbocycles. The van der Waals surface area contributed by atoms with Gasteiger partial charge in [-0.05, 0) is 51.5 Å². The molecule has 0 radical (unpaired) electrons. The molecule has 1 aliphatic rings. The Morgan fingerprint density at radius 2 is 1.88 bits per heavy atom. The zero-order valence-electron chi connectivity index (χ0n) is 27.3. The number of carbonyl (C=O) groups excluding carboxylic acids is 1. The number of hydrogen-bond acceptors (Lipinski definition) is 12. The van der Waals surface area contributed by atoms with Crippen LogP contribution in [-0.4, -0.2) is 87.8 Å². The first-order valence-corrected chi connectivity index (χ1v) is 15.6. The predicted molar refractivity (Wildman–Crippen MR) is 180 cm³/mol. The van der Waals surface area contributed by atoms with Gasteiger partial charge in [0.25, 0.3) is 5.69 Å². The van der Waals surface area contributed by atoms with Crippen LogP contribution in [0.15, 0.2) is 60.8 Å². The van der Waals surface area contributed by atoms with Crippen molar-refractivity contribution in [3.8, 4) is 22.9 Å². The number of hydrogen-bond donors (Lipinski definition) is 1. The van der Waals surface area contributed by atoms with Crippen molar-refractivity contribution < 1.29 is 28.7 Å². The Kier molecular flexibility index (Phi) is 9.37. The highest BCUT2D eigenvalue weighted by molar-refractivity contribution is 5.96. The number of rotatable bonds is 10. The summed E-state index contributed by atoms with van der Waals surface area (Å²) >= 11 is 0. The SMILES string of the molecule is COc1cc2nc(-c3cccc([N+](=O)[O-])c3)nc(Nc3ccc4c(cnn4C(=O)OC(C)(C)C)c3)c2cc1OCCCN1CCOCC1. The van der Waals surface area contributed by atoms with E-state index in [9.17, 15) is 14.9 Å². The Morgan fingerprint density at radius 3 is 2.62 bits per heavy atom. The third kappa shape index (κ3) is 7.45. The lowest BCUT2D eigenvalue weighted by atomic mass is 10.1. The minimum Gasteiger partial charge on any atom is -0.493 e. The second-order valence-electron chi connectivity index (χ2n) is 12.3. The van der Waals surface area contributed by atoms with Crippen LogP contribution in [0, 0.1) is 10.1 Å². The van der Waals surface area contributed by atoms with E-state index < -0.39 is 16.6 Å². The summed E-state index contributed by atoms with van der Waals surface area (Å²) in [6.45, 7) is 10.1. The Balaban J connectivity index is 1.35. The monoisotopic (exact) mass is 655 g/mol. The van der Waals surface area contributed by atoms with E-state index in [1.54, 1.807) is 64.4 Å². The molecule has 0 atom stereocenters. The summed E-state index contributed by atoms with van der Waals surface area (Å²) in [5.74, 6) is 1.77. The number of nitro benzene ring substituents is 1. The normalized spacial score (nSPS) is 13.8. The van der Waals surface area contributed by atoms with Crippen LogP contribution in [0.4, 0.5) is 22.0 Å². The number of benzene rings is 3. The number of non-ortho nitro benzene ring substituents is 1. The number of aromatic nitrogens is 4. The molecule has 1 saturated heterocycles. The summed E-state index contributed by atoms with van der Waals surface area (Å²) in [4.78, 5) is 35.7. The minimum atomic E-state index is -0.671. The van der Waals surface area contributed by atoms with Crippen LogP contribution >= 0.6 is 0 Å². The molecule has 0 bridgehead atoms. The number of nitrogens with one attached hydrogen (secondary N) is 1. The lowest BCUT2D eigenvalue weighted by Crippen LogP contribution is -2.37. The van der Waals surface area contributed by atoms with Crippen molar-refractivity contribution in [1.82, 2.24) is 24.6 Å². The van der Waals surface area contributed by atoms with E-state index in [-0.39, 0.29) is 11.5 Å². The standard InChI is InChI=1S/C34H37N7O7/c1-34(2,3)48-33(42)40-28-10-9-24(17-23(28)21-35-40)36-32-26-19-30(47-14-6-11-39-12-15-46-16-13-39)29(45-4)20-27(26)37-31(38-32)22-7-5-8-25(18-22)41(43)44/h5,7-10,17-21H,6,11-16H2,1-4H3,(H,36,37,38). The Morgan fingerprint density at radius 1 is 1.06 bits per heavy atom. The Hall–Kier alpha value is -5.34. The van der Waals surface area contributed by atoms with Gasteiger partial charge in [-0.15, -0.1) is 0 Å². The van der Waals surface area contributed by atoms with E-state index in [4.69, 9.17) is 28.9 Å². The van der Waals surface area contributed by atoms with Crippen molar-refractivity contribution >= 4 is 45.1 Å². The van der Waals surface area contributed by atoms with Gasteiger partial charge >= 0.3 is 6.09 Å². The lowest BCUT2D eigenvalue weighted by Gasteiger charge is -2.26. The highest BCUT2D eigenvalue weighted by Crippen LogP contribution is 2.37. The van der Waals surface area contributed by atoms with Crippen LogP contribution in [0.3, 0.4) is 0 Å². The van der Waals surface area contributed by atoms with Gasteiger partial charge in [0.15, 0.2) is 17.3 Å². The third-order valence-corrected chi connectivity index (χ3v) is 7.67. The highest BCUT2D eigenvalue weighted by atomic mass is 16.6. The minimum absolute atomic E-state index is 0.0726. The van der Waals surface area contributed by atoms with Crippen molar-refractivity contribution in [1.29, 1.82) is 0 Å². The maximum atomic E-state index is 12.7. The molecule has 0 spiro atoms. The molecule has 5 aromatic rings. The molecule has 1 fully saturated rings. The topological polar surface area (TPSA) is 156 Å². The lowest BCUT2D eigenvalue weighted by molar-refractivity contribution is -0.384. The van der Waals surface area contributed by atoms with Crippen LogP contribution in [-0.2, 0) is 9.47 Å². The number of morpholine rings is 1. The molecule has 2 aromatic heterocycles. The molecule has 1 aliphatic heterocycles. The summed E-state index contributed by atoms with van der Waals surface area (Å²) < 4.78 is 24.1. The quantitative estimate of drug-likeness (QED) is 0.104. The Labute approximate surface area is 276 Å². The average molecular weight is 656 g/mol. The van der Waals surface area contributed by atoms with Crippen LogP contribution < -0.4 is 14.8 Å². The van der Waals surface area contributed by atoms with E-state index in [0.29, 0.717) is 57.0 Å². The first kappa shape index (κ1) is 32.6. The van der Waals surface area contributed by atoms with Gasteiger partial charge < -0.3 is 24.3 Å². The summed E-state index contributed by atoms with van der Waals surface area (Å²) in [6, 6.07) is 15.2. The molecule has 6 rings (SSSR count). The maximum absolute atomic E-state index is 12.7. The zero-order valence-corrected chi connectivity index (χ0v) is 27.3. The molecule has 14 nitrogen and oxygen atoms in total. The van der Waals surface area contributed by atoms with E-state index in [0.717, 1.165) is 39.3 Å². The molecule has 0 saturated carbocycles. The number of anilines is 2. The smallest absolute Gasteiger partial charge is 0.435 e. The molecule has 3 aromatic carbocycles. The van der Waals surface area contributed by atoms with Gasteiger partial charge in [0, 0.05) is 59.9 Å². The van der Waals surface area contributed by atoms with E-state index >= 15 is 0 Å².